The third-order valence-corrected chi connectivity index (χ3v) is 7.14. The third kappa shape index (κ3) is 5.78. The molecule has 1 saturated heterocycles. The van der Waals surface area contributed by atoms with E-state index in [1.54, 1.807) is 6.20 Å². The molecule has 3 aromatic rings. The van der Waals surface area contributed by atoms with E-state index in [0.717, 1.165) is 79.0 Å². The summed E-state index contributed by atoms with van der Waals surface area (Å²) < 4.78 is 5.89. The maximum Gasteiger partial charge on any atom is 0.190 e. The van der Waals surface area contributed by atoms with Gasteiger partial charge in [-0.15, -0.1) is 0 Å². The van der Waals surface area contributed by atoms with Crippen molar-refractivity contribution in [1.29, 1.82) is 0 Å². The van der Waals surface area contributed by atoms with E-state index in [4.69, 9.17) is 9.72 Å². The van der Waals surface area contributed by atoms with Gasteiger partial charge in [-0.25, -0.2) is 15.0 Å². The van der Waals surface area contributed by atoms with Crippen molar-refractivity contribution in [3.8, 4) is 0 Å². The second kappa shape index (κ2) is 9.50. The number of fused-ring (bicyclic) bond motifs is 1. The van der Waals surface area contributed by atoms with Gasteiger partial charge in [-0.3, -0.25) is 4.90 Å². The maximum atomic E-state index is 9.85. The summed E-state index contributed by atoms with van der Waals surface area (Å²) >= 11 is 1.53. The number of morpholine rings is 1. The zero-order chi connectivity index (χ0) is 22.8. The quantitative estimate of drug-likeness (QED) is 0.496. The summed E-state index contributed by atoms with van der Waals surface area (Å²) in [6.45, 7) is 7.68. The highest BCUT2D eigenvalue weighted by Crippen LogP contribution is 2.29. The molecular weight excluding hydrogens is 436 g/mol. The molecule has 3 N–H and O–H groups in total. The monoisotopic (exact) mass is 468 g/mol. The highest BCUT2D eigenvalue weighted by atomic mass is 32.1. The minimum absolute atomic E-state index is 0.135. The predicted octanol–water partition coefficient (Wildman–Crippen LogP) is 4.16. The lowest BCUT2D eigenvalue weighted by Crippen LogP contribution is -2.47. The van der Waals surface area contributed by atoms with E-state index in [2.05, 4.69) is 51.5 Å². The van der Waals surface area contributed by atoms with Crippen LogP contribution >= 0.6 is 11.3 Å². The van der Waals surface area contributed by atoms with Gasteiger partial charge >= 0.3 is 0 Å². The Morgan fingerprint density at radius 1 is 1.18 bits per heavy atom. The molecule has 0 amide bonds. The standard InChI is InChI=1S/C24H32N6O2S/c1-24(2)15-30(10-11-32-24)14-16-12-20(26-17-5-7-18(31)8-6-17)28-21(13-16)29-23-27-19-4-3-9-25-22(19)33-23/h3-4,9,12-13,17-18,31H,5-8,10-11,14-15H2,1-2H3,(H2,26,27,28,29). The van der Waals surface area contributed by atoms with E-state index in [9.17, 15) is 5.11 Å². The Kier molecular flexibility index (Phi) is 6.47. The lowest BCUT2D eigenvalue weighted by molar-refractivity contribution is -0.0882. The SMILES string of the molecule is CC1(C)CN(Cc2cc(Nc3nc4cccnc4s3)nc(NC3CCC(O)CC3)c2)CCO1. The fourth-order valence-corrected chi connectivity index (χ4v) is 5.50. The van der Waals surface area contributed by atoms with Gasteiger partial charge in [-0.2, -0.15) is 0 Å². The Bertz CT molecular complexity index is 1060. The number of rotatable bonds is 6. The van der Waals surface area contributed by atoms with Crippen molar-refractivity contribution >= 4 is 38.5 Å². The summed E-state index contributed by atoms with van der Waals surface area (Å²) in [7, 11) is 0. The van der Waals surface area contributed by atoms with Crippen molar-refractivity contribution in [1.82, 2.24) is 19.9 Å². The minimum Gasteiger partial charge on any atom is -0.393 e. The van der Waals surface area contributed by atoms with Crippen molar-refractivity contribution < 1.29 is 9.84 Å². The number of anilines is 3. The van der Waals surface area contributed by atoms with Gasteiger partial charge in [0.25, 0.3) is 0 Å². The van der Waals surface area contributed by atoms with Crippen LogP contribution in [0.3, 0.4) is 0 Å². The van der Waals surface area contributed by atoms with Gasteiger partial charge in [-0.1, -0.05) is 11.3 Å². The highest BCUT2D eigenvalue weighted by Gasteiger charge is 2.27. The van der Waals surface area contributed by atoms with E-state index < -0.39 is 0 Å². The molecule has 0 bridgehead atoms. The maximum absolute atomic E-state index is 9.85. The molecule has 2 fully saturated rings. The molecule has 1 aliphatic carbocycles. The van der Waals surface area contributed by atoms with Crippen molar-refractivity contribution in [3.63, 3.8) is 0 Å². The first-order valence-electron chi connectivity index (χ1n) is 11.7. The Morgan fingerprint density at radius 2 is 2.00 bits per heavy atom. The lowest BCUT2D eigenvalue weighted by atomic mass is 9.93. The molecule has 0 radical (unpaired) electrons. The van der Waals surface area contributed by atoms with Crippen LogP contribution in [0.15, 0.2) is 30.5 Å². The average molecular weight is 469 g/mol. The Labute approximate surface area is 198 Å². The molecule has 176 valence electrons. The van der Waals surface area contributed by atoms with E-state index in [-0.39, 0.29) is 11.7 Å². The molecule has 0 atom stereocenters. The third-order valence-electron chi connectivity index (χ3n) is 6.25. The molecule has 0 spiro atoms. The second-order valence-corrected chi connectivity index (χ2v) is 10.7. The van der Waals surface area contributed by atoms with E-state index in [0.29, 0.717) is 6.04 Å². The summed E-state index contributed by atoms with van der Waals surface area (Å²) in [5.41, 5.74) is 1.95. The van der Waals surface area contributed by atoms with Gasteiger partial charge in [0.1, 0.15) is 22.0 Å². The molecule has 3 aromatic heterocycles. The smallest absolute Gasteiger partial charge is 0.190 e. The van der Waals surface area contributed by atoms with Crippen LogP contribution in [0, 0.1) is 0 Å². The van der Waals surface area contributed by atoms with Crippen LogP contribution < -0.4 is 10.6 Å². The normalized spacial score (nSPS) is 23.5. The van der Waals surface area contributed by atoms with E-state index in [1.807, 2.05) is 12.1 Å². The number of nitrogens with zero attached hydrogens (tertiary/aromatic N) is 4. The molecule has 1 saturated carbocycles. The minimum atomic E-state index is -0.170. The van der Waals surface area contributed by atoms with Crippen molar-refractivity contribution in [2.24, 2.45) is 0 Å². The number of hydrogen-bond donors (Lipinski definition) is 3. The molecule has 0 aromatic carbocycles. The first-order valence-corrected chi connectivity index (χ1v) is 12.5. The summed E-state index contributed by atoms with van der Waals surface area (Å²) in [5, 5.41) is 17.7. The Balaban J connectivity index is 1.38. The first kappa shape index (κ1) is 22.5. The molecule has 33 heavy (non-hydrogen) atoms. The highest BCUT2D eigenvalue weighted by molar-refractivity contribution is 7.21. The molecule has 8 nitrogen and oxygen atoms in total. The van der Waals surface area contributed by atoms with Gasteiger partial charge in [0.2, 0.25) is 0 Å². The largest absolute Gasteiger partial charge is 0.393 e. The number of aliphatic hydroxyl groups is 1. The molecule has 5 rings (SSSR count). The fraction of sp³-hybridized carbons (Fsp3) is 0.542. The Morgan fingerprint density at radius 3 is 2.79 bits per heavy atom. The van der Waals surface area contributed by atoms with Crippen molar-refractivity contribution in [2.75, 3.05) is 30.3 Å². The number of nitrogens with one attached hydrogen (secondary N) is 2. The number of aliphatic hydroxyl groups excluding tert-OH is 1. The summed E-state index contributed by atoms with van der Waals surface area (Å²) in [5.74, 6) is 1.64. The van der Waals surface area contributed by atoms with Gasteiger partial charge in [0.05, 0.1) is 18.3 Å². The van der Waals surface area contributed by atoms with Crippen LogP contribution in [-0.2, 0) is 11.3 Å². The molecule has 9 heteroatoms. The molecule has 1 aliphatic heterocycles. The molecule has 0 unspecified atom stereocenters. The van der Waals surface area contributed by atoms with Crippen LogP contribution in [0.1, 0.15) is 45.1 Å². The summed E-state index contributed by atoms with van der Waals surface area (Å²) in [4.78, 5) is 17.2. The Hall–Kier alpha value is -2.33. The number of hydrogen-bond acceptors (Lipinski definition) is 9. The predicted molar refractivity (Wildman–Crippen MR) is 132 cm³/mol. The fourth-order valence-electron chi connectivity index (χ4n) is 4.69. The van der Waals surface area contributed by atoms with Crippen LogP contribution in [0.2, 0.25) is 0 Å². The number of ether oxygens (including phenoxy) is 1. The average Bonchev–Trinajstić information content (AvgIpc) is 3.17. The summed E-state index contributed by atoms with van der Waals surface area (Å²) in [6.07, 6.45) is 5.20. The lowest BCUT2D eigenvalue weighted by Gasteiger charge is -2.38. The topological polar surface area (TPSA) is 95.4 Å². The first-order chi connectivity index (χ1) is 15.9. The van der Waals surface area contributed by atoms with Crippen LogP contribution in [0.25, 0.3) is 10.3 Å². The van der Waals surface area contributed by atoms with E-state index >= 15 is 0 Å². The molecular formula is C24H32N6O2S. The summed E-state index contributed by atoms with van der Waals surface area (Å²) in [6, 6.07) is 8.46. The van der Waals surface area contributed by atoms with Crippen LogP contribution in [0.4, 0.5) is 16.8 Å². The molecule has 2 aliphatic rings. The van der Waals surface area contributed by atoms with Gasteiger partial charge in [-0.05, 0) is 69.4 Å². The van der Waals surface area contributed by atoms with Gasteiger partial charge in [0, 0.05) is 31.9 Å². The van der Waals surface area contributed by atoms with Gasteiger partial charge < -0.3 is 20.5 Å². The second-order valence-electron chi connectivity index (χ2n) is 9.69. The number of aromatic nitrogens is 3. The van der Waals surface area contributed by atoms with Gasteiger partial charge in [0.15, 0.2) is 5.13 Å². The zero-order valence-electron chi connectivity index (χ0n) is 19.3. The molecule has 4 heterocycles. The zero-order valence-corrected chi connectivity index (χ0v) is 20.1. The van der Waals surface area contributed by atoms with Crippen molar-refractivity contribution in [2.45, 2.75) is 63.8 Å². The van der Waals surface area contributed by atoms with Crippen molar-refractivity contribution in [3.05, 3.63) is 36.0 Å². The van der Waals surface area contributed by atoms with Crippen LogP contribution in [-0.4, -0.2) is 62.4 Å². The number of pyridine rings is 2. The van der Waals surface area contributed by atoms with E-state index in [1.165, 1.54) is 16.9 Å². The number of thiazole rings is 1. The van der Waals surface area contributed by atoms with Crippen LogP contribution in [0.5, 0.6) is 0 Å².